The molecule has 0 fully saturated rings. The summed E-state index contributed by atoms with van der Waals surface area (Å²) < 4.78 is 0. The number of anilines is 2. The van der Waals surface area contributed by atoms with Crippen molar-refractivity contribution in [3.63, 3.8) is 0 Å². The van der Waals surface area contributed by atoms with Gasteiger partial charge in [0.25, 0.3) is 0 Å². The minimum atomic E-state index is 0.966. The molecule has 0 amide bonds. The normalized spacial score (nSPS) is 11.9. The largest absolute Gasteiger partial charge is 0.372 e. The zero-order chi connectivity index (χ0) is 21.1. The lowest BCUT2D eigenvalue weighted by Gasteiger charge is -2.30. The number of hydrogen-bond acceptors (Lipinski definition) is 2. The van der Waals surface area contributed by atoms with Crippen LogP contribution in [-0.2, 0) is 12.8 Å². The minimum absolute atomic E-state index is 0.966. The van der Waals surface area contributed by atoms with Gasteiger partial charge in [0.15, 0.2) is 0 Å². The molecule has 3 aromatic rings. The first-order valence-corrected chi connectivity index (χ1v) is 11.5. The Bertz CT molecular complexity index is 983. The van der Waals surface area contributed by atoms with Crippen LogP contribution in [-0.4, -0.2) is 26.2 Å². The van der Waals surface area contributed by atoms with Crippen LogP contribution >= 0.6 is 0 Å². The molecule has 0 aromatic heterocycles. The molecule has 0 radical (unpaired) electrons. The average molecular weight is 399 g/mol. The van der Waals surface area contributed by atoms with E-state index in [0.717, 1.165) is 39.0 Å². The van der Waals surface area contributed by atoms with E-state index in [0.29, 0.717) is 0 Å². The number of hydrogen-bond donors (Lipinski definition) is 0. The average Bonchev–Trinajstić information content (AvgIpc) is 3.15. The fraction of sp³-hybridized carbons (Fsp3) is 0.357. The minimum Gasteiger partial charge on any atom is -0.372 e. The number of rotatable bonds is 8. The second-order valence-electron chi connectivity index (χ2n) is 8.12. The zero-order valence-electron chi connectivity index (χ0n) is 18.9. The quantitative estimate of drug-likeness (QED) is 0.332. The SMILES string of the molecule is CCN(CC)c1cccc(N(CC)CC)c1Cc1ccc2c(c1)-c1ccccc1C2. The maximum atomic E-state index is 2.49. The van der Waals surface area contributed by atoms with Crippen molar-refractivity contribution in [3.8, 4) is 11.1 Å². The monoisotopic (exact) mass is 398 g/mol. The van der Waals surface area contributed by atoms with E-state index in [1.54, 1.807) is 0 Å². The van der Waals surface area contributed by atoms with Crippen molar-refractivity contribution in [2.75, 3.05) is 36.0 Å². The van der Waals surface area contributed by atoms with E-state index in [4.69, 9.17) is 0 Å². The summed E-state index contributed by atoms with van der Waals surface area (Å²) in [7, 11) is 0. The van der Waals surface area contributed by atoms with Gasteiger partial charge in [-0.1, -0.05) is 48.5 Å². The lowest BCUT2D eigenvalue weighted by atomic mass is 9.96. The summed E-state index contributed by atoms with van der Waals surface area (Å²) in [6.07, 6.45) is 2.03. The summed E-state index contributed by atoms with van der Waals surface area (Å²) in [6.45, 7) is 13.1. The van der Waals surface area contributed by atoms with E-state index >= 15 is 0 Å². The Morgan fingerprint density at radius 2 is 1.23 bits per heavy atom. The van der Waals surface area contributed by atoms with Crippen molar-refractivity contribution in [2.45, 2.75) is 40.5 Å². The van der Waals surface area contributed by atoms with E-state index in [1.165, 1.54) is 44.8 Å². The molecule has 2 nitrogen and oxygen atoms in total. The van der Waals surface area contributed by atoms with Crippen molar-refractivity contribution in [1.29, 1.82) is 0 Å². The second-order valence-corrected chi connectivity index (χ2v) is 8.12. The van der Waals surface area contributed by atoms with Crippen LogP contribution < -0.4 is 9.80 Å². The first-order valence-electron chi connectivity index (χ1n) is 11.5. The highest BCUT2D eigenvalue weighted by atomic mass is 15.1. The lowest BCUT2D eigenvalue weighted by Crippen LogP contribution is -2.27. The molecule has 30 heavy (non-hydrogen) atoms. The van der Waals surface area contributed by atoms with Crippen LogP contribution in [0.3, 0.4) is 0 Å². The van der Waals surface area contributed by atoms with Crippen LogP contribution in [0.15, 0.2) is 60.7 Å². The fourth-order valence-corrected chi connectivity index (χ4v) is 4.95. The molecule has 1 aliphatic rings. The smallest absolute Gasteiger partial charge is 0.0422 e. The zero-order valence-corrected chi connectivity index (χ0v) is 18.9. The Balaban J connectivity index is 1.78. The summed E-state index contributed by atoms with van der Waals surface area (Å²) in [5, 5.41) is 0. The summed E-state index contributed by atoms with van der Waals surface area (Å²) >= 11 is 0. The Morgan fingerprint density at radius 1 is 0.633 bits per heavy atom. The molecule has 4 rings (SSSR count). The van der Waals surface area contributed by atoms with Gasteiger partial charge in [-0.3, -0.25) is 0 Å². The summed E-state index contributed by atoms with van der Waals surface area (Å²) in [6, 6.07) is 22.8. The number of fused-ring (bicyclic) bond motifs is 3. The van der Waals surface area contributed by atoms with Gasteiger partial charge in [-0.05, 0) is 74.1 Å². The van der Waals surface area contributed by atoms with Crippen LogP contribution in [0.5, 0.6) is 0 Å². The standard InChI is InChI=1S/C28H34N2/c1-5-29(6-2)27-14-11-15-28(30(7-3)8-4)26(27)19-21-16-17-23-20-22-12-9-10-13-24(22)25(23)18-21/h9-18H,5-8,19-20H2,1-4H3. The van der Waals surface area contributed by atoms with Crippen LogP contribution in [0.25, 0.3) is 11.1 Å². The van der Waals surface area contributed by atoms with Gasteiger partial charge >= 0.3 is 0 Å². The van der Waals surface area contributed by atoms with Gasteiger partial charge in [0.1, 0.15) is 0 Å². The molecule has 1 aliphatic carbocycles. The molecule has 0 saturated carbocycles. The van der Waals surface area contributed by atoms with Crippen molar-refractivity contribution >= 4 is 11.4 Å². The summed E-state index contributed by atoms with van der Waals surface area (Å²) in [5.74, 6) is 0. The van der Waals surface area contributed by atoms with E-state index < -0.39 is 0 Å². The van der Waals surface area contributed by atoms with Crippen LogP contribution in [0.2, 0.25) is 0 Å². The molecular weight excluding hydrogens is 364 g/mol. The molecule has 0 spiro atoms. The first-order chi connectivity index (χ1) is 14.7. The molecule has 0 saturated heterocycles. The van der Waals surface area contributed by atoms with Gasteiger partial charge in [0.05, 0.1) is 0 Å². The van der Waals surface area contributed by atoms with Crippen molar-refractivity contribution < 1.29 is 0 Å². The van der Waals surface area contributed by atoms with Gasteiger partial charge in [-0.2, -0.15) is 0 Å². The van der Waals surface area contributed by atoms with Crippen LogP contribution in [0, 0.1) is 0 Å². The molecule has 0 unspecified atom stereocenters. The molecule has 0 N–H and O–H groups in total. The molecule has 3 aromatic carbocycles. The van der Waals surface area contributed by atoms with E-state index in [1.807, 2.05) is 0 Å². The Labute approximate surface area is 182 Å². The van der Waals surface area contributed by atoms with Crippen LogP contribution in [0.1, 0.15) is 49.9 Å². The second kappa shape index (κ2) is 8.95. The van der Waals surface area contributed by atoms with E-state index in [2.05, 4.69) is 98.2 Å². The third-order valence-corrected chi connectivity index (χ3v) is 6.58. The topological polar surface area (TPSA) is 6.48 Å². The molecule has 156 valence electrons. The Hall–Kier alpha value is -2.74. The molecule has 0 aliphatic heterocycles. The van der Waals surface area contributed by atoms with Gasteiger partial charge in [-0.15, -0.1) is 0 Å². The van der Waals surface area contributed by atoms with E-state index in [9.17, 15) is 0 Å². The number of benzene rings is 3. The van der Waals surface area contributed by atoms with Crippen LogP contribution in [0.4, 0.5) is 11.4 Å². The highest BCUT2D eigenvalue weighted by molar-refractivity contribution is 5.77. The lowest BCUT2D eigenvalue weighted by molar-refractivity contribution is 0.838. The highest BCUT2D eigenvalue weighted by Gasteiger charge is 2.20. The number of nitrogens with zero attached hydrogens (tertiary/aromatic N) is 2. The summed E-state index contributed by atoms with van der Waals surface area (Å²) in [5.41, 5.74) is 11.4. The van der Waals surface area contributed by atoms with E-state index in [-0.39, 0.29) is 0 Å². The Kier molecular flexibility index (Phi) is 6.13. The maximum Gasteiger partial charge on any atom is 0.0422 e. The van der Waals surface area contributed by atoms with Gasteiger partial charge in [0.2, 0.25) is 0 Å². The first kappa shape index (κ1) is 20.5. The van der Waals surface area contributed by atoms with Crippen molar-refractivity contribution in [2.24, 2.45) is 0 Å². The Morgan fingerprint density at radius 3 is 1.87 bits per heavy atom. The predicted molar refractivity (Wildman–Crippen MR) is 131 cm³/mol. The van der Waals surface area contributed by atoms with Gasteiger partial charge in [-0.25, -0.2) is 0 Å². The van der Waals surface area contributed by atoms with Crippen molar-refractivity contribution in [3.05, 3.63) is 82.9 Å². The maximum absolute atomic E-state index is 2.49. The summed E-state index contributed by atoms with van der Waals surface area (Å²) in [4.78, 5) is 4.98. The predicted octanol–water partition coefficient (Wildman–Crippen LogP) is 6.54. The third-order valence-electron chi connectivity index (χ3n) is 6.58. The molecule has 2 heteroatoms. The van der Waals surface area contributed by atoms with Gasteiger partial charge in [0, 0.05) is 49.5 Å². The molecule has 0 heterocycles. The third kappa shape index (κ3) is 3.71. The molecule has 0 atom stereocenters. The highest BCUT2D eigenvalue weighted by Crippen LogP contribution is 2.38. The fourth-order valence-electron chi connectivity index (χ4n) is 4.95. The van der Waals surface area contributed by atoms with Gasteiger partial charge < -0.3 is 9.80 Å². The molecule has 0 bridgehead atoms. The molecular formula is C28H34N2. The van der Waals surface area contributed by atoms with Crippen molar-refractivity contribution in [1.82, 2.24) is 0 Å².